The number of pyridine rings is 2. The van der Waals surface area contributed by atoms with Crippen molar-refractivity contribution in [1.82, 2.24) is 29.0 Å². The monoisotopic (exact) mass is 615 g/mol. The summed E-state index contributed by atoms with van der Waals surface area (Å²) in [6.45, 7) is 3.47. The Labute approximate surface area is 265 Å². The van der Waals surface area contributed by atoms with Crippen LogP contribution < -0.4 is 16.0 Å². The lowest BCUT2D eigenvalue weighted by atomic mass is 9.99. The smallest absolute Gasteiger partial charge is 0.255 e. The lowest BCUT2D eigenvalue weighted by Gasteiger charge is -2.36. The van der Waals surface area contributed by atoms with Crippen molar-refractivity contribution in [2.45, 2.75) is 51.2 Å². The van der Waals surface area contributed by atoms with E-state index in [0.29, 0.717) is 34.7 Å². The number of hydrogen-bond donors (Lipinski definition) is 2. The van der Waals surface area contributed by atoms with E-state index >= 15 is 0 Å². The highest BCUT2D eigenvalue weighted by atomic mass is 16.5. The van der Waals surface area contributed by atoms with Crippen molar-refractivity contribution < 1.29 is 9.53 Å². The number of amides is 1. The van der Waals surface area contributed by atoms with Crippen LogP contribution in [-0.2, 0) is 13.6 Å². The van der Waals surface area contributed by atoms with Crippen molar-refractivity contribution in [2.75, 3.05) is 13.7 Å². The summed E-state index contributed by atoms with van der Waals surface area (Å²) in [5.74, 6) is 1.94. The minimum absolute atomic E-state index is 0.0136. The summed E-state index contributed by atoms with van der Waals surface area (Å²) in [6.07, 6.45) is 5.87. The first-order chi connectivity index (χ1) is 22.3. The molecule has 10 heteroatoms. The molecule has 2 aromatic carbocycles. The number of hydrogen-bond acceptors (Lipinski definition) is 6. The van der Waals surface area contributed by atoms with Gasteiger partial charge in [-0.1, -0.05) is 6.07 Å². The molecule has 1 saturated heterocycles. The van der Waals surface area contributed by atoms with Gasteiger partial charge in [-0.2, -0.15) is 0 Å². The second-order valence-electron chi connectivity index (χ2n) is 13.0. The van der Waals surface area contributed by atoms with Crippen LogP contribution in [0.5, 0.6) is 5.75 Å². The first-order valence-corrected chi connectivity index (χ1v) is 16.0. The number of aromatic nitrogens is 5. The summed E-state index contributed by atoms with van der Waals surface area (Å²) >= 11 is 0. The lowest BCUT2D eigenvalue weighted by molar-refractivity contribution is 0.0612. The van der Waals surface area contributed by atoms with Crippen molar-refractivity contribution in [3.8, 4) is 28.5 Å². The van der Waals surface area contributed by atoms with E-state index in [-0.39, 0.29) is 23.6 Å². The third-order valence-electron chi connectivity index (χ3n) is 9.76. The van der Waals surface area contributed by atoms with Crippen molar-refractivity contribution in [2.24, 2.45) is 18.7 Å². The molecular formula is C36H37N7O3. The second-order valence-corrected chi connectivity index (χ2v) is 13.0. The molecule has 2 atom stereocenters. The van der Waals surface area contributed by atoms with Gasteiger partial charge >= 0.3 is 0 Å². The van der Waals surface area contributed by atoms with Crippen LogP contribution in [0.15, 0.2) is 65.6 Å². The van der Waals surface area contributed by atoms with Gasteiger partial charge in [-0.25, -0.2) is 9.97 Å². The Balaban J connectivity index is 1.24. The summed E-state index contributed by atoms with van der Waals surface area (Å²) in [7, 11) is 3.63. The first kappa shape index (κ1) is 28.5. The maximum Gasteiger partial charge on any atom is 0.255 e. The number of piperidine rings is 1. The average Bonchev–Trinajstić information content (AvgIpc) is 3.74. The van der Waals surface area contributed by atoms with Crippen LogP contribution in [0.4, 0.5) is 0 Å². The summed E-state index contributed by atoms with van der Waals surface area (Å²) in [5.41, 5.74) is 11.9. The van der Waals surface area contributed by atoms with E-state index in [1.165, 1.54) is 12.8 Å². The van der Waals surface area contributed by atoms with E-state index in [9.17, 15) is 9.59 Å². The molecule has 5 heterocycles. The van der Waals surface area contributed by atoms with Gasteiger partial charge in [0, 0.05) is 60.3 Å². The van der Waals surface area contributed by atoms with Crippen LogP contribution in [0.2, 0.25) is 0 Å². The molecule has 8 rings (SSSR count). The molecule has 46 heavy (non-hydrogen) atoms. The zero-order valence-electron chi connectivity index (χ0n) is 26.3. The summed E-state index contributed by atoms with van der Waals surface area (Å²) < 4.78 is 10.2. The molecule has 234 valence electrons. The number of benzene rings is 2. The molecule has 4 aromatic heterocycles. The minimum atomic E-state index is -0.101. The number of H-pyrrole nitrogens is 1. The molecule has 0 bridgehead atoms. The van der Waals surface area contributed by atoms with E-state index in [1.54, 1.807) is 13.3 Å². The highest BCUT2D eigenvalue weighted by Gasteiger charge is 2.30. The van der Waals surface area contributed by atoms with Crippen molar-refractivity contribution in [3.63, 3.8) is 0 Å². The Hall–Kier alpha value is -4.96. The average molecular weight is 616 g/mol. The molecular weight excluding hydrogens is 578 g/mol. The molecule has 1 saturated carbocycles. The summed E-state index contributed by atoms with van der Waals surface area (Å²) in [4.78, 5) is 40.9. The van der Waals surface area contributed by atoms with Crippen LogP contribution in [0.1, 0.15) is 43.0 Å². The standard InChI is InChI=1S/C36H37N7O3/c1-20-4-9-26(37)19-42(20)36(45)25-15-29-32(31(17-25)46-3)41(2)34(40-29)30-16-24-8-11-28(39-33(24)43(30)18-21-5-6-21)23-7-10-27-22(14-23)12-13-38-35(27)44/h7-8,10-17,20-21,26H,4-6,9,18-19,37H2,1-3H3,(H,38,44)/t20-,26+/m0/s1. The lowest BCUT2D eigenvalue weighted by Crippen LogP contribution is -2.50. The topological polar surface area (TPSA) is 124 Å². The molecule has 0 unspecified atom stereocenters. The molecule has 1 amide bonds. The number of aromatic amines is 1. The van der Waals surface area contributed by atoms with E-state index in [1.807, 2.05) is 54.4 Å². The minimum Gasteiger partial charge on any atom is -0.494 e. The largest absolute Gasteiger partial charge is 0.494 e. The number of nitrogens with two attached hydrogens (primary N) is 1. The number of aryl methyl sites for hydroxylation is 1. The molecule has 0 spiro atoms. The molecule has 3 N–H and O–H groups in total. The van der Waals surface area contributed by atoms with Crippen LogP contribution in [0, 0.1) is 5.92 Å². The molecule has 2 fully saturated rings. The maximum atomic E-state index is 13.7. The molecule has 1 aliphatic heterocycles. The van der Waals surface area contributed by atoms with Crippen molar-refractivity contribution in [1.29, 1.82) is 0 Å². The Bertz CT molecular complexity index is 2220. The van der Waals surface area contributed by atoms with Crippen molar-refractivity contribution >= 4 is 38.7 Å². The fourth-order valence-corrected chi connectivity index (χ4v) is 6.97. The second kappa shape index (κ2) is 10.8. The number of likely N-dealkylation sites (tertiary alicyclic amines) is 1. The van der Waals surface area contributed by atoms with Crippen molar-refractivity contribution in [3.05, 3.63) is 76.7 Å². The number of carbonyl (C=O) groups excluding carboxylic acids is 1. The molecule has 10 nitrogen and oxygen atoms in total. The maximum absolute atomic E-state index is 13.7. The van der Waals surface area contributed by atoms with E-state index < -0.39 is 0 Å². The fourth-order valence-electron chi connectivity index (χ4n) is 6.97. The number of carbonyl (C=O) groups is 1. The molecule has 1 aliphatic carbocycles. The molecule has 0 radical (unpaired) electrons. The zero-order chi connectivity index (χ0) is 31.7. The SMILES string of the molecule is COc1cc(C(=O)N2C[C@H](N)CC[C@@H]2C)cc2nc(-c3cc4ccc(-c5ccc6c(=O)[nH]ccc6c5)nc4n3CC3CC3)n(C)c12. The summed E-state index contributed by atoms with van der Waals surface area (Å²) in [5, 5.41) is 2.56. The highest BCUT2D eigenvalue weighted by molar-refractivity contribution is 6.00. The zero-order valence-corrected chi connectivity index (χ0v) is 26.3. The summed E-state index contributed by atoms with van der Waals surface area (Å²) in [6, 6.07) is 17.9. The number of ether oxygens (including phenoxy) is 1. The Morgan fingerprint density at radius 1 is 1.02 bits per heavy atom. The van der Waals surface area contributed by atoms with Gasteiger partial charge in [-0.15, -0.1) is 0 Å². The number of imidazole rings is 1. The van der Waals surface area contributed by atoms with Crippen LogP contribution in [-0.4, -0.2) is 60.6 Å². The van der Waals surface area contributed by atoms with Gasteiger partial charge in [-0.3, -0.25) is 9.59 Å². The number of nitrogens with zero attached hydrogens (tertiary/aromatic N) is 5. The van der Waals surface area contributed by atoms with Crippen LogP contribution in [0.25, 0.3) is 55.6 Å². The third-order valence-corrected chi connectivity index (χ3v) is 9.76. The van der Waals surface area contributed by atoms with Gasteiger partial charge in [-0.05, 0) is 92.4 Å². The van der Waals surface area contributed by atoms with E-state index in [2.05, 4.69) is 33.2 Å². The highest BCUT2D eigenvalue weighted by Crippen LogP contribution is 2.38. The first-order valence-electron chi connectivity index (χ1n) is 16.0. The Morgan fingerprint density at radius 2 is 1.87 bits per heavy atom. The van der Waals surface area contributed by atoms with Gasteiger partial charge in [0.05, 0.1) is 24.0 Å². The molecule has 6 aromatic rings. The van der Waals surface area contributed by atoms with Gasteiger partial charge < -0.3 is 29.5 Å². The molecule has 2 aliphatic rings. The number of fused-ring (bicyclic) bond motifs is 3. The van der Waals surface area contributed by atoms with Gasteiger partial charge in [0.1, 0.15) is 16.9 Å². The fraction of sp³-hybridized carbons (Fsp3) is 0.333. The predicted octanol–water partition coefficient (Wildman–Crippen LogP) is 5.47. The Kier molecular flexibility index (Phi) is 6.72. The van der Waals surface area contributed by atoms with Gasteiger partial charge in [0.2, 0.25) is 0 Å². The van der Waals surface area contributed by atoms with E-state index in [0.717, 1.165) is 64.1 Å². The number of rotatable bonds is 6. The van der Waals surface area contributed by atoms with Crippen LogP contribution >= 0.6 is 0 Å². The normalized spacial score (nSPS) is 18.6. The quantitative estimate of drug-likeness (QED) is 0.256. The number of nitrogens with one attached hydrogen (secondary N) is 1. The van der Waals surface area contributed by atoms with E-state index in [4.69, 9.17) is 20.4 Å². The Morgan fingerprint density at radius 3 is 2.67 bits per heavy atom. The van der Waals surface area contributed by atoms with Gasteiger partial charge in [0.25, 0.3) is 11.5 Å². The van der Waals surface area contributed by atoms with Crippen LogP contribution in [0.3, 0.4) is 0 Å². The predicted molar refractivity (Wildman–Crippen MR) is 180 cm³/mol. The third kappa shape index (κ3) is 4.75. The van der Waals surface area contributed by atoms with Gasteiger partial charge in [0.15, 0.2) is 5.82 Å². The number of methoxy groups -OCH3 is 1.